The van der Waals surface area contributed by atoms with Crippen LogP contribution in [0.25, 0.3) is 0 Å². The summed E-state index contributed by atoms with van der Waals surface area (Å²) in [5.74, 6) is -0.632. The Labute approximate surface area is 269 Å². The van der Waals surface area contributed by atoms with E-state index in [1.165, 1.54) is 15.6 Å². The van der Waals surface area contributed by atoms with Crippen molar-refractivity contribution in [1.29, 1.82) is 0 Å². The summed E-state index contributed by atoms with van der Waals surface area (Å²) in [6.07, 6.45) is 0.780. The van der Waals surface area contributed by atoms with Gasteiger partial charge < -0.3 is 33.5 Å². The summed E-state index contributed by atoms with van der Waals surface area (Å²) in [7, 11) is -7.32. The van der Waals surface area contributed by atoms with Gasteiger partial charge in [0.1, 0.15) is 11.2 Å². The zero-order valence-corrected chi connectivity index (χ0v) is 27.7. The minimum Gasteiger partial charge on any atom is -0.444 e. The lowest BCUT2D eigenvalue weighted by Crippen LogP contribution is -2.61. The lowest BCUT2D eigenvalue weighted by Gasteiger charge is -2.47. The van der Waals surface area contributed by atoms with E-state index in [-0.39, 0.29) is 17.1 Å². The number of fused-ring (bicyclic) bond motifs is 4. The van der Waals surface area contributed by atoms with Gasteiger partial charge in [-0.2, -0.15) is 26.7 Å². The van der Waals surface area contributed by atoms with Crippen LogP contribution in [-0.4, -0.2) is 110 Å². The standard InChI is InChI=1S/C14H18F3N3O5S.C13H20BN3O4/c1-12(2,3)24-11(21)19-7-13(8-19)4-5-20-9(13)6-10(18-20)25-26(22,23)14(15,16)17;1-12(2,3)21-11(18)16-7-13(8-16)4-5-17-9(13)6-10(15-17)14(19)20/h6H,4-5,7-8H2,1-3H3;6,19-20H,4-5,7-8H2,1-3H3. The van der Waals surface area contributed by atoms with Gasteiger partial charge in [0.15, 0.2) is 0 Å². The summed E-state index contributed by atoms with van der Waals surface area (Å²) in [6, 6.07) is 2.91. The first-order valence-electron chi connectivity index (χ1n) is 14.9. The number of nitrogens with zero attached hydrogens (tertiary/aromatic N) is 6. The summed E-state index contributed by atoms with van der Waals surface area (Å²) < 4.78 is 77.4. The number of alkyl halides is 3. The molecule has 20 heteroatoms. The van der Waals surface area contributed by atoms with Crippen molar-refractivity contribution in [3.05, 3.63) is 23.5 Å². The van der Waals surface area contributed by atoms with Crippen LogP contribution < -0.4 is 9.78 Å². The first-order chi connectivity index (χ1) is 21.4. The molecule has 47 heavy (non-hydrogen) atoms. The molecular formula is C27H38BF3N6O9S. The normalized spacial score (nSPS) is 19.3. The largest absolute Gasteiger partial charge is 0.534 e. The van der Waals surface area contributed by atoms with Gasteiger partial charge in [0, 0.05) is 61.9 Å². The predicted octanol–water partition coefficient (Wildman–Crippen LogP) is 1.46. The molecule has 2 N–H and O–H groups in total. The molecule has 2 aromatic rings. The number of halogens is 3. The van der Waals surface area contributed by atoms with E-state index in [1.807, 2.05) is 20.8 Å². The first kappa shape index (κ1) is 34.8. The number of hydrogen-bond acceptors (Lipinski definition) is 11. The number of carbonyl (C=O) groups is 2. The molecule has 2 fully saturated rings. The van der Waals surface area contributed by atoms with Crippen LogP contribution in [0, 0.1) is 0 Å². The number of rotatable bonds is 3. The summed E-state index contributed by atoms with van der Waals surface area (Å²) in [4.78, 5) is 27.2. The Morgan fingerprint density at radius 2 is 1.23 bits per heavy atom. The first-order valence-corrected chi connectivity index (χ1v) is 16.3. The monoisotopic (exact) mass is 690 g/mol. The lowest BCUT2D eigenvalue weighted by atomic mass is 9.75. The second kappa shape index (κ2) is 11.3. The molecule has 0 radical (unpaired) electrons. The maximum absolute atomic E-state index is 12.4. The Hall–Kier alpha value is -3.52. The average molecular weight is 691 g/mol. The Morgan fingerprint density at radius 3 is 1.64 bits per heavy atom. The van der Waals surface area contributed by atoms with Gasteiger partial charge >= 0.3 is 34.9 Å². The molecule has 15 nitrogen and oxygen atoms in total. The molecule has 0 aromatic carbocycles. The molecule has 2 spiro atoms. The SMILES string of the molecule is CC(C)(C)OC(=O)N1CC2(CCn3nc(B(O)O)cc32)C1.CC(C)(C)OC(=O)N1CC2(CCn3nc(OS(=O)(=O)C(F)(F)F)cc32)C1. The number of amides is 2. The molecule has 6 heterocycles. The molecule has 0 atom stereocenters. The minimum atomic E-state index is -5.77. The van der Waals surface area contributed by atoms with Crippen molar-refractivity contribution in [1.82, 2.24) is 29.4 Å². The van der Waals surface area contributed by atoms with Gasteiger partial charge in [-0.1, -0.05) is 0 Å². The van der Waals surface area contributed by atoms with Gasteiger partial charge in [-0.25, -0.2) is 9.59 Å². The van der Waals surface area contributed by atoms with Gasteiger partial charge in [0.05, 0.1) is 11.3 Å². The van der Waals surface area contributed by atoms with Crippen molar-refractivity contribution >= 4 is 35.0 Å². The van der Waals surface area contributed by atoms with Crippen LogP contribution in [0.15, 0.2) is 12.1 Å². The van der Waals surface area contributed by atoms with E-state index >= 15 is 0 Å². The van der Waals surface area contributed by atoms with E-state index in [0.717, 1.165) is 18.7 Å². The summed E-state index contributed by atoms with van der Waals surface area (Å²) in [6.45, 7) is 13.7. The van der Waals surface area contributed by atoms with Crippen LogP contribution in [-0.2, 0) is 43.5 Å². The van der Waals surface area contributed by atoms with Gasteiger partial charge in [0.25, 0.3) is 5.88 Å². The molecule has 0 bridgehead atoms. The Bertz CT molecular complexity index is 1650. The highest BCUT2D eigenvalue weighted by atomic mass is 32.2. The highest BCUT2D eigenvalue weighted by Crippen LogP contribution is 2.45. The predicted molar refractivity (Wildman–Crippen MR) is 158 cm³/mol. The van der Waals surface area contributed by atoms with Crippen LogP contribution in [0.1, 0.15) is 65.8 Å². The number of aromatic nitrogens is 4. The lowest BCUT2D eigenvalue weighted by molar-refractivity contribution is -0.0501. The molecular weight excluding hydrogens is 652 g/mol. The second-order valence-corrected chi connectivity index (χ2v) is 15.9. The summed E-state index contributed by atoms with van der Waals surface area (Å²) in [5.41, 5.74) is -5.46. The van der Waals surface area contributed by atoms with Crippen molar-refractivity contribution in [2.75, 3.05) is 26.2 Å². The zero-order chi connectivity index (χ0) is 35.0. The van der Waals surface area contributed by atoms with E-state index in [4.69, 9.17) is 9.47 Å². The topological polar surface area (TPSA) is 179 Å². The van der Waals surface area contributed by atoms with Gasteiger partial charge in [-0.15, -0.1) is 5.10 Å². The third-order valence-electron chi connectivity index (χ3n) is 8.27. The van der Waals surface area contributed by atoms with E-state index in [1.54, 1.807) is 36.4 Å². The smallest absolute Gasteiger partial charge is 0.444 e. The third kappa shape index (κ3) is 6.90. The van der Waals surface area contributed by atoms with Crippen LogP contribution in [0.5, 0.6) is 5.88 Å². The molecule has 4 aliphatic heterocycles. The Kier molecular flexibility index (Phi) is 8.36. The number of likely N-dealkylation sites (tertiary alicyclic amines) is 2. The molecule has 2 aromatic heterocycles. The summed E-state index contributed by atoms with van der Waals surface area (Å²) in [5, 5.41) is 26.4. The van der Waals surface area contributed by atoms with Gasteiger partial charge in [-0.3, -0.25) is 9.36 Å². The van der Waals surface area contributed by atoms with Gasteiger partial charge in [0.2, 0.25) is 0 Å². The Balaban J connectivity index is 0.000000189. The minimum absolute atomic E-state index is 0.114. The molecule has 6 rings (SSSR count). The maximum atomic E-state index is 12.4. The quantitative estimate of drug-likeness (QED) is 0.271. The van der Waals surface area contributed by atoms with E-state index < -0.39 is 51.3 Å². The molecule has 4 aliphatic rings. The average Bonchev–Trinajstić information content (AvgIpc) is 3.58. The zero-order valence-electron chi connectivity index (χ0n) is 26.9. The van der Waals surface area contributed by atoms with Crippen LogP contribution in [0.3, 0.4) is 0 Å². The maximum Gasteiger partial charge on any atom is 0.534 e. The molecule has 0 saturated carbocycles. The molecule has 260 valence electrons. The molecule has 2 amide bonds. The van der Waals surface area contributed by atoms with Crippen LogP contribution in [0.4, 0.5) is 22.8 Å². The molecule has 0 unspecified atom stereocenters. The van der Waals surface area contributed by atoms with Crippen molar-refractivity contribution in [3.63, 3.8) is 0 Å². The van der Waals surface area contributed by atoms with Crippen LogP contribution >= 0.6 is 0 Å². The van der Waals surface area contributed by atoms with Gasteiger partial charge in [-0.05, 0) is 60.5 Å². The fourth-order valence-electron chi connectivity index (χ4n) is 6.17. The number of carbonyl (C=O) groups excluding carboxylic acids is 2. The fourth-order valence-corrected chi connectivity index (χ4v) is 6.57. The van der Waals surface area contributed by atoms with Crippen molar-refractivity contribution in [2.24, 2.45) is 0 Å². The van der Waals surface area contributed by atoms with Crippen LogP contribution in [0.2, 0.25) is 0 Å². The van der Waals surface area contributed by atoms with Crippen molar-refractivity contribution in [2.45, 2.75) is 95.0 Å². The van der Waals surface area contributed by atoms with E-state index in [9.17, 15) is 41.2 Å². The van der Waals surface area contributed by atoms with Crippen molar-refractivity contribution < 1.29 is 54.9 Å². The highest BCUT2D eigenvalue weighted by molar-refractivity contribution is 7.87. The Morgan fingerprint density at radius 1 is 0.809 bits per heavy atom. The van der Waals surface area contributed by atoms with Crippen molar-refractivity contribution in [3.8, 4) is 5.88 Å². The number of hydrogen-bond donors (Lipinski definition) is 2. The highest BCUT2D eigenvalue weighted by Gasteiger charge is 2.54. The summed E-state index contributed by atoms with van der Waals surface area (Å²) >= 11 is 0. The number of aryl methyl sites for hydroxylation is 2. The molecule has 2 saturated heterocycles. The van der Waals surface area contributed by atoms with E-state index in [2.05, 4.69) is 14.4 Å². The second-order valence-electron chi connectivity index (χ2n) is 14.4. The third-order valence-corrected chi connectivity index (χ3v) is 9.23. The van der Waals surface area contributed by atoms with E-state index in [0.29, 0.717) is 44.8 Å². The number of ether oxygens (including phenoxy) is 2. The molecule has 0 aliphatic carbocycles. The fraction of sp³-hybridized carbons (Fsp3) is 0.704.